The van der Waals surface area contributed by atoms with Gasteiger partial charge in [-0.2, -0.15) is 0 Å². The molecule has 0 aliphatic rings. The normalized spacial score (nSPS) is 14.8. The summed E-state index contributed by atoms with van der Waals surface area (Å²) in [5, 5.41) is 13.0. The molecule has 90 valence electrons. The van der Waals surface area contributed by atoms with Gasteiger partial charge in [-0.3, -0.25) is 0 Å². The first-order chi connectivity index (χ1) is 7.65. The largest absolute Gasteiger partial charge is 0.396 e. The Labute approximate surface area is 103 Å². The van der Waals surface area contributed by atoms with E-state index in [-0.39, 0.29) is 12.6 Å². The second-order valence-electron chi connectivity index (χ2n) is 4.27. The maximum absolute atomic E-state index is 8.81. The lowest BCUT2D eigenvalue weighted by molar-refractivity contribution is 0.258. The van der Waals surface area contributed by atoms with Gasteiger partial charge in [0.25, 0.3) is 0 Å². The zero-order valence-corrected chi connectivity index (χ0v) is 10.7. The van der Waals surface area contributed by atoms with Crippen LogP contribution in [0.2, 0.25) is 5.02 Å². The molecule has 1 aromatic carbocycles. The van der Waals surface area contributed by atoms with Crippen molar-refractivity contribution in [1.82, 2.24) is 5.32 Å². The number of nitrogens with one attached hydrogen (secondary N) is 1. The van der Waals surface area contributed by atoms with Crippen LogP contribution in [0.5, 0.6) is 0 Å². The van der Waals surface area contributed by atoms with Crippen LogP contribution >= 0.6 is 11.6 Å². The minimum absolute atomic E-state index is 0.245. The van der Waals surface area contributed by atoms with E-state index in [9.17, 15) is 0 Å². The molecule has 0 aliphatic carbocycles. The molecule has 0 amide bonds. The van der Waals surface area contributed by atoms with Gasteiger partial charge in [-0.25, -0.2) is 0 Å². The molecule has 0 spiro atoms. The summed E-state index contributed by atoms with van der Waals surface area (Å²) >= 11 is 6.12. The summed E-state index contributed by atoms with van der Waals surface area (Å²) in [7, 11) is 0. The third-order valence-corrected chi connectivity index (χ3v) is 3.11. The lowest BCUT2D eigenvalue weighted by atomic mass is 10.1. The second kappa shape index (κ2) is 6.89. The molecule has 3 heteroatoms. The van der Waals surface area contributed by atoms with Crippen LogP contribution in [-0.4, -0.2) is 18.3 Å². The van der Waals surface area contributed by atoms with Gasteiger partial charge in [-0.1, -0.05) is 36.7 Å². The fourth-order valence-electron chi connectivity index (χ4n) is 1.64. The number of hydrogen-bond acceptors (Lipinski definition) is 2. The third-order valence-electron chi connectivity index (χ3n) is 2.77. The van der Waals surface area contributed by atoms with Gasteiger partial charge in [-0.15, -0.1) is 0 Å². The average molecular weight is 242 g/mol. The minimum atomic E-state index is 0.245. The fourth-order valence-corrected chi connectivity index (χ4v) is 1.94. The summed E-state index contributed by atoms with van der Waals surface area (Å²) in [5.41, 5.74) is 1.13. The molecule has 0 aliphatic heterocycles. The van der Waals surface area contributed by atoms with E-state index in [1.165, 1.54) is 0 Å². The maximum Gasteiger partial charge on any atom is 0.0453 e. The predicted octanol–water partition coefficient (Wildman–Crippen LogP) is 3.01. The van der Waals surface area contributed by atoms with Gasteiger partial charge in [0, 0.05) is 17.7 Å². The Hall–Kier alpha value is -0.570. The van der Waals surface area contributed by atoms with Gasteiger partial charge in [-0.05, 0) is 37.4 Å². The fraction of sp³-hybridized carbons (Fsp3) is 0.538. The van der Waals surface area contributed by atoms with Crippen molar-refractivity contribution in [2.24, 2.45) is 5.92 Å². The second-order valence-corrected chi connectivity index (χ2v) is 4.68. The van der Waals surface area contributed by atoms with Crippen LogP contribution in [-0.2, 0) is 0 Å². The van der Waals surface area contributed by atoms with Gasteiger partial charge < -0.3 is 10.4 Å². The van der Waals surface area contributed by atoms with Gasteiger partial charge in [0.05, 0.1) is 0 Å². The minimum Gasteiger partial charge on any atom is -0.396 e. The third kappa shape index (κ3) is 4.12. The van der Waals surface area contributed by atoms with Crippen molar-refractivity contribution in [2.45, 2.75) is 26.3 Å². The van der Waals surface area contributed by atoms with Crippen molar-refractivity contribution in [3.63, 3.8) is 0 Å². The Morgan fingerprint density at radius 2 is 2.00 bits per heavy atom. The average Bonchev–Trinajstić information content (AvgIpc) is 2.27. The highest BCUT2D eigenvalue weighted by atomic mass is 35.5. The molecule has 0 aromatic heterocycles. The Morgan fingerprint density at radius 1 is 1.31 bits per heavy atom. The summed E-state index contributed by atoms with van der Waals surface area (Å²) in [5.74, 6) is 0.481. The number of halogens is 1. The van der Waals surface area contributed by atoms with Gasteiger partial charge in [0.1, 0.15) is 0 Å². The van der Waals surface area contributed by atoms with Crippen LogP contribution in [0.3, 0.4) is 0 Å². The van der Waals surface area contributed by atoms with E-state index < -0.39 is 0 Å². The van der Waals surface area contributed by atoms with Crippen LogP contribution < -0.4 is 5.32 Å². The number of benzene rings is 1. The molecule has 16 heavy (non-hydrogen) atoms. The quantitative estimate of drug-likeness (QED) is 0.803. The van der Waals surface area contributed by atoms with Crippen molar-refractivity contribution in [2.75, 3.05) is 13.2 Å². The summed E-state index contributed by atoms with van der Waals surface area (Å²) in [6, 6.07) is 8.13. The smallest absolute Gasteiger partial charge is 0.0453 e. The van der Waals surface area contributed by atoms with Gasteiger partial charge in [0.2, 0.25) is 0 Å². The Kier molecular flexibility index (Phi) is 5.81. The number of aliphatic hydroxyl groups excluding tert-OH is 1. The Bertz CT molecular complexity index is 317. The van der Waals surface area contributed by atoms with Crippen molar-refractivity contribution in [3.8, 4) is 0 Å². The molecule has 0 saturated carbocycles. The molecule has 0 bridgehead atoms. The first-order valence-corrected chi connectivity index (χ1v) is 6.11. The van der Waals surface area contributed by atoms with Gasteiger partial charge in [0.15, 0.2) is 0 Å². The first-order valence-electron chi connectivity index (χ1n) is 5.73. The van der Waals surface area contributed by atoms with E-state index >= 15 is 0 Å². The summed E-state index contributed by atoms with van der Waals surface area (Å²) in [6.07, 6.45) is 0.836. The van der Waals surface area contributed by atoms with E-state index in [1.54, 1.807) is 0 Å². The van der Waals surface area contributed by atoms with Gasteiger partial charge >= 0.3 is 0 Å². The zero-order chi connectivity index (χ0) is 12.0. The van der Waals surface area contributed by atoms with Crippen LogP contribution in [0.1, 0.15) is 31.9 Å². The van der Waals surface area contributed by atoms with Crippen molar-refractivity contribution >= 4 is 11.6 Å². The zero-order valence-electron chi connectivity index (χ0n) is 9.91. The molecular weight excluding hydrogens is 222 g/mol. The van der Waals surface area contributed by atoms with Crippen LogP contribution in [0, 0.1) is 5.92 Å². The highest BCUT2D eigenvalue weighted by Crippen LogP contribution is 2.22. The number of rotatable bonds is 6. The van der Waals surface area contributed by atoms with Crippen molar-refractivity contribution < 1.29 is 5.11 Å². The Morgan fingerprint density at radius 3 is 2.62 bits per heavy atom. The molecule has 2 atom stereocenters. The SMILES string of the molecule is CC(CCO)CNC(C)c1ccccc1Cl. The number of aliphatic hydroxyl groups is 1. The van der Waals surface area contributed by atoms with Crippen LogP contribution in [0.4, 0.5) is 0 Å². The van der Waals surface area contributed by atoms with Crippen LogP contribution in [0.25, 0.3) is 0 Å². The number of hydrogen-bond donors (Lipinski definition) is 2. The Balaban J connectivity index is 2.46. The first kappa shape index (κ1) is 13.5. The lowest BCUT2D eigenvalue weighted by Gasteiger charge is -2.18. The maximum atomic E-state index is 8.81. The predicted molar refractivity (Wildman–Crippen MR) is 68.7 cm³/mol. The van der Waals surface area contributed by atoms with E-state index in [2.05, 4.69) is 19.2 Å². The molecular formula is C13H20ClNO. The summed E-state index contributed by atoms with van der Waals surface area (Å²) in [6.45, 7) is 5.38. The van der Waals surface area contributed by atoms with Crippen molar-refractivity contribution in [1.29, 1.82) is 0 Å². The standard InChI is InChI=1S/C13H20ClNO/c1-10(7-8-16)9-15-11(2)12-5-3-4-6-13(12)14/h3-6,10-11,15-16H,7-9H2,1-2H3. The highest BCUT2D eigenvalue weighted by molar-refractivity contribution is 6.31. The molecule has 2 nitrogen and oxygen atoms in total. The molecule has 0 heterocycles. The molecule has 0 saturated heterocycles. The van der Waals surface area contributed by atoms with E-state index in [1.807, 2.05) is 24.3 Å². The lowest BCUT2D eigenvalue weighted by Crippen LogP contribution is -2.25. The van der Waals surface area contributed by atoms with E-state index in [0.29, 0.717) is 5.92 Å². The van der Waals surface area contributed by atoms with E-state index in [4.69, 9.17) is 16.7 Å². The molecule has 1 aromatic rings. The topological polar surface area (TPSA) is 32.3 Å². The molecule has 0 radical (unpaired) electrons. The molecule has 0 fully saturated rings. The molecule has 2 N–H and O–H groups in total. The molecule has 2 unspecified atom stereocenters. The molecule has 1 rings (SSSR count). The van der Waals surface area contributed by atoms with Crippen molar-refractivity contribution in [3.05, 3.63) is 34.9 Å². The highest BCUT2D eigenvalue weighted by Gasteiger charge is 2.09. The monoisotopic (exact) mass is 241 g/mol. The summed E-state index contributed by atoms with van der Waals surface area (Å²) in [4.78, 5) is 0. The van der Waals surface area contributed by atoms with Crippen LogP contribution in [0.15, 0.2) is 24.3 Å². The van der Waals surface area contributed by atoms with E-state index in [0.717, 1.165) is 23.6 Å². The summed E-state index contributed by atoms with van der Waals surface area (Å²) < 4.78 is 0.